The Hall–Kier alpha value is -1.99. The number of anilines is 2. The molecule has 88 valence electrons. The van der Waals surface area contributed by atoms with Crippen LogP contribution in [0.5, 0.6) is 0 Å². The molecule has 3 aromatic rings. The Kier molecular flexibility index (Phi) is 2.91. The van der Waals surface area contributed by atoms with Crippen molar-refractivity contribution in [1.29, 1.82) is 0 Å². The molecule has 2 heteroatoms. The normalized spacial score (nSPS) is 10.5. The lowest BCUT2D eigenvalue weighted by atomic mass is 10.1. The highest BCUT2D eigenvalue weighted by molar-refractivity contribution is 6.33. The highest BCUT2D eigenvalue weighted by Crippen LogP contribution is 2.29. The van der Waals surface area contributed by atoms with E-state index in [1.807, 2.05) is 42.5 Å². The molecule has 0 saturated carbocycles. The van der Waals surface area contributed by atoms with Crippen LogP contribution in [-0.4, -0.2) is 0 Å². The molecule has 0 fully saturated rings. The third kappa shape index (κ3) is 2.05. The Morgan fingerprint density at radius 3 is 2.22 bits per heavy atom. The first kappa shape index (κ1) is 11.1. The summed E-state index contributed by atoms with van der Waals surface area (Å²) in [6, 6.07) is 22.3. The molecule has 3 aromatic carbocycles. The van der Waals surface area contributed by atoms with Gasteiger partial charge in [0.2, 0.25) is 0 Å². The van der Waals surface area contributed by atoms with Gasteiger partial charge in [-0.05, 0) is 23.6 Å². The summed E-state index contributed by atoms with van der Waals surface area (Å²) in [5.74, 6) is 0. The van der Waals surface area contributed by atoms with Crippen LogP contribution in [0.1, 0.15) is 0 Å². The van der Waals surface area contributed by atoms with Gasteiger partial charge in [0.05, 0.1) is 10.7 Å². The first-order valence-corrected chi connectivity index (χ1v) is 6.22. The third-order valence-corrected chi connectivity index (χ3v) is 3.26. The van der Waals surface area contributed by atoms with E-state index < -0.39 is 0 Å². The molecule has 0 radical (unpaired) electrons. The number of benzene rings is 3. The van der Waals surface area contributed by atoms with Crippen LogP contribution in [-0.2, 0) is 0 Å². The summed E-state index contributed by atoms with van der Waals surface area (Å²) in [6.45, 7) is 0. The Morgan fingerprint density at radius 2 is 1.33 bits per heavy atom. The van der Waals surface area contributed by atoms with Gasteiger partial charge in [0, 0.05) is 11.1 Å². The number of fused-ring (bicyclic) bond motifs is 1. The summed E-state index contributed by atoms with van der Waals surface area (Å²) in [5.41, 5.74) is 2.00. The van der Waals surface area contributed by atoms with Crippen molar-refractivity contribution in [2.75, 3.05) is 5.32 Å². The molecular formula is C16H12ClN. The fourth-order valence-electron chi connectivity index (χ4n) is 2.04. The third-order valence-electron chi connectivity index (χ3n) is 2.93. The number of hydrogen-bond donors (Lipinski definition) is 1. The molecule has 0 aromatic heterocycles. The maximum atomic E-state index is 6.16. The minimum Gasteiger partial charge on any atom is -0.354 e. The number of halogens is 1. The van der Waals surface area contributed by atoms with Crippen molar-refractivity contribution in [2.45, 2.75) is 0 Å². The quantitative estimate of drug-likeness (QED) is 0.659. The molecule has 0 saturated heterocycles. The molecule has 0 amide bonds. The van der Waals surface area contributed by atoms with Gasteiger partial charge in [-0.15, -0.1) is 0 Å². The molecule has 0 aliphatic heterocycles. The molecule has 0 spiro atoms. The van der Waals surface area contributed by atoms with E-state index in [0.29, 0.717) is 0 Å². The zero-order chi connectivity index (χ0) is 12.4. The second-order valence-electron chi connectivity index (χ2n) is 4.13. The Balaban J connectivity index is 2.08. The molecule has 0 atom stereocenters. The molecule has 0 aliphatic rings. The minimum atomic E-state index is 0.727. The molecule has 0 heterocycles. The van der Waals surface area contributed by atoms with Crippen LogP contribution in [0, 0.1) is 0 Å². The van der Waals surface area contributed by atoms with Gasteiger partial charge < -0.3 is 5.32 Å². The zero-order valence-electron chi connectivity index (χ0n) is 9.73. The lowest BCUT2D eigenvalue weighted by molar-refractivity contribution is 1.58. The van der Waals surface area contributed by atoms with Crippen LogP contribution in [0.3, 0.4) is 0 Å². The molecule has 0 unspecified atom stereocenters. The Morgan fingerprint density at radius 1 is 0.667 bits per heavy atom. The standard InChI is InChI=1S/C16H12ClN/c17-14-9-3-4-10-16(14)18-15-11-5-7-12-6-1-2-8-13(12)15/h1-11,18H. The molecule has 0 bridgehead atoms. The van der Waals surface area contributed by atoms with E-state index in [2.05, 4.69) is 29.6 Å². The van der Waals surface area contributed by atoms with Crippen LogP contribution in [0.25, 0.3) is 10.8 Å². The van der Waals surface area contributed by atoms with E-state index in [-0.39, 0.29) is 0 Å². The van der Waals surface area contributed by atoms with E-state index in [1.54, 1.807) is 0 Å². The summed E-state index contributed by atoms with van der Waals surface area (Å²) in [5, 5.41) is 6.52. The lowest BCUT2D eigenvalue weighted by Crippen LogP contribution is -1.91. The van der Waals surface area contributed by atoms with Crippen LogP contribution < -0.4 is 5.32 Å². The van der Waals surface area contributed by atoms with Crippen molar-refractivity contribution in [2.24, 2.45) is 0 Å². The number of hydrogen-bond acceptors (Lipinski definition) is 1. The van der Waals surface area contributed by atoms with Crippen molar-refractivity contribution in [1.82, 2.24) is 0 Å². The van der Waals surface area contributed by atoms with Gasteiger partial charge in [0.25, 0.3) is 0 Å². The van der Waals surface area contributed by atoms with Gasteiger partial charge in [-0.3, -0.25) is 0 Å². The number of rotatable bonds is 2. The molecule has 0 aliphatic carbocycles. The molecule has 3 rings (SSSR count). The van der Waals surface area contributed by atoms with E-state index in [1.165, 1.54) is 10.8 Å². The maximum Gasteiger partial charge on any atom is 0.0640 e. The van der Waals surface area contributed by atoms with E-state index in [0.717, 1.165) is 16.4 Å². The van der Waals surface area contributed by atoms with Gasteiger partial charge in [0.15, 0.2) is 0 Å². The predicted octanol–water partition coefficient (Wildman–Crippen LogP) is 5.24. The van der Waals surface area contributed by atoms with Crippen molar-refractivity contribution in [3.63, 3.8) is 0 Å². The smallest absolute Gasteiger partial charge is 0.0640 e. The monoisotopic (exact) mass is 253 g/mol. The van der Waals surface area contributed by atoms with Gasteiger partial charge in [-0.1, -0.05) is 60.1 Å². The first-order valence-electron chi connectivity index (χ1n) is 5.84. The number of para-hydroxylation sites is 1. The largest absolute Gasteiger partial charge is 0.354 e. The fourth-order valence-corrected chi connectivity index (χ4v) is 2.23. The first-order chi connectivity index (χ1) is 8.84. The Bertz CT molecular complexity index is 686. The van der Waals surface area contributed by atoms with Gasteiger partial charge in [-0.2, -0.15) is 0 Å². The molecule has 18 heavy (non-hydrogen) atoms. The van der Waals surface area contributed by atoms with Crippen molar-refractivity contribution in [3.8, 4) is 0 Å². The molecular weight excluding hydrogens is 242 g/mol. The topological polar surface area (TPSA) is 12.0 Å². The second-order valence-corrected chi connectivity index (χ2v) is 4.54. The average molecular weight is 254 g/mol. The minimum absolute atomic E-state index is 0.727. The van der Waals surface area contributed by atoms with Crippen LogP contribution >= 0.6 is 11.6 Å². The van der Waals surface area contributed by atoms with Crippen molar-refractivity contribution in [3.05, 3.63) is 71.8 Å². The second kappa shape index (κ2) is 4.71. The van der Waals surface area contributed by atoms with Crippen LogP contribution in [0.2, 0.25) is 5.02 Å². The molecule has 1 N–H and O–H groups in total. The van der Waals surface area contributed by atoms with Crippen LogP contribution in [0.15, 0.2) is 66.7 Å². The van der Waals surface area contributed by atoms with Crippen molar-refractivity contribution >= 4 is 33.7 Å². The lowest BCUT2D eigenvalue weighted by Gasteiger charge is -2.10. The van der Waals surface area contributed by atoms with E-state index in [4.69, 9.17) is 11.6 Å². The summed E-state index contributed by atoms with van der Waals surface area (Å²) < 4.78 is 0. The number of nitrogens with one attached hydrogen (secondary N) is 1. The van der Waals surface area contributed by atoms with Gasteiger partial charge >= 0.3 is 0 Å². The SMILES string of the molecule is Clc1ccccc1Nc1cccc2ccccc12. The summed E-state index contributed by atoms with van der Waals surface area (Å²) >= 11 is 6.16. The van der Waals surface area contributed by atoms with Gasteiger partial charge in [-0.25, -0.2) is 0 Å². The Labute approximate surface area is 111 Å². The highest BCUT2D eigenvalue weighted by atomic mass is 35.5. The zero-order valence-corrected chi connectivity index (χ0v) is 10.5. The van der Waals surface area contributed by atoms with Crippen LogP contribution in [0.4, 0.5) is 11.4 Å². The average Bonchev–Trinajstić information content (AvgIpc) is 2.42. The summed E-state index contributed by atoms with van der Waals surface area (Å²) in [6.07, 6.45) is 0. The predicted molar refractivity (Wildman–Crippen MR) is 78.7 cm³/mol. The molecule has 1 nitrogen and oxygen atoms in total. The fraction of sp³-hybridized carbons (Fsp3) is 0. The van der Waals surface area contributed by atoms with Crippen molar-refractivity contribution < 1.29 is 0 Å². The van der Waals surface area contributed by atoms with E-state index in [9.17, 15) is 0 Å². The summed E-state index contributed by atoms with van der Waals surface area (Å²) in [7, 11) is 0. The highest BCUT2D eigenvalue weighted by Gasteiger charge is 2.02. The van der Waals surface area contributed by atoms with Gasteiger partial charge in [0.1, 0.15) is 0 Å². The maximum absolute atomic E-state index is 6.16. The summed E-state index contributed by atoms with van der Waals surface area (Å²) in [4.78, 5) is 0. The van der Waals surface area contributed by atoms with E-state index >= 15 is 0 Å².